The standard InChI is InChI=1S/C20H24ClN3O/c1-19-8-20(2)11-23(9-19)18(24(10-19)12-20)14-7-13-5-4-6-15(25-3)16(13)22-17(14)21/h4-7,18H,8-12H2,1-3H3. The van der Waals surface area contributed by atoms with Crippen LogP contribution in [0.5, 0.6) is 5.75 Å². The van der Waals surface area contributed by atoms with Crippen molar-refractivity contribution >= 4 is 22.5 Å². The van der Waals surface area contributed by atoms with Crippen LogP contribution >= 0.6 is 11.6 Å². The van der Waals surface area contributed by atoms with Crippen molar-refractivity contribution in [2.45, 2.75) is 26.4 Å². The van der Waals surface area contributed by atoms with Crippen LogP contribution in [0, 0.1) is 10.8 Å². The van der Waals surface area contributed by atoms with E-state index in [0.29, 0.717) is 16.0 Å². The van der Waals surface area contributed by atoms with Crippen LogP contribution in [0.3, 0.4) is 0 Å². The Morgan fingerprint density at radius 2 is 1.76 bits per heavy atom. The number of pyridine rings is 1. The Labute approximate surface area is 153 Å². The lowest BCUT2D eigenvalue weighted by Crippen LogP contribution is -2.70. The summed E-state index contributed by atoms with van der Waals surface area (Å²) >= 11 is 6.67. The number of piperidine rings is 2. The molecule has 132 valence electrons. The highest BCUT2D eigenvalue weighted by Gasteiger charge is 2.56. The van der Waals surface area contributed by atoms with Gasteiger partial charge in [-0.1, -0.05) is 37.6 Å². The highest BCUT2D eigenvalue weighted by molar-refractivity contribution is 6.30. The van der Waals surface area contributed by atoms with Crippen LogP contribution in [-0.4, -0.2) is 48.1 Å². The van der Waals surface area contributed by atoms with Crippen LogP contribution in [0.4, 0.5) is 0 Å². The zero-order valence-electron chi connectivity index (χ0n) is 15.1. The number of para-hydroxylation sites is 1. The summed E-state index contributed by atoms with van der Waals surface area (Å²) in [7, 11) is 1.68. The van der Waals surface area contributed by atoms with E-state index in [1.54, 1.807) is 7.11 Å². The van der Waals surface area contributed by atoms with Gasteiger partial charge in [-0.05, 0) is 29.4 Å². The smallest absolute Gasteiger partial charge is 0.145 e. The molecular weight excluding hydrogens is 334 g/mol. The van der Waals surface area contributed by atoms with Gasteiger partial charge in [-0.15, -0.1) is 0 Å². The Morgan fingerprint density at radius 1 is 1.12 bits per heavy atom. The molecule has 0 spiro atoms. The number of fused-ring (bicyclic) bond motifs is 1. The Morgan fingerprint density at radius 3 is 2.36 bits per heavy atom. The van der Waals surface area contributed by atoms with E-state index in [1.807, 2.05) is 12.1 Å². The van der Waals surface area contributed by atoms with Crippen LogP contribution in [0.25, 0.3) is 10.9 Å². The van der Waals surface area contributed by atoms with Crippen LogP contribution in [-0.2, 0) is 0 Å². The SMILES string of the molecule is COc1cccc2cc(C3N4CC5(C)CN3CC(C)(C4)C5)c(Cl)nc12. The van der Waals surface area contributed by atoms with Gasteiger partial charge in [0.2, 0.25) is 0 Å². The summed E-state index contributed by atoms with van der Waals surface area (Å²) in [6, 6.07) is 8.25. The number of aromatic nitrogens is 1. The maximum Gasteiger partial charge on any atom is 0.145 e. The fourth-order valence-electron chi connectivity index (χ4n) is 5.91. The number of benzene rings is 1. The molecule has 2 aromatic rings. The third-order valence-electron chi connectivity index (χ3n) is 6.17. The van der Waals surface area contributed by atoms with Crippen LogP contribution in [0.2, 0.25) is 5.15 Å². The molecular formula is C20H24ClN3O. The second-order valence-electron chi connectivity index (χ2n) is 8.88. The molecule has 5 heterocycles. The van der Waals surface area contributed by atoms with Gasteiger partial charge in [0.1, 0.15) is 16.4 Å². The predicted octanol–water partition coefficient (Wildman–Crippen LogP) is 3.94. The first kappa shape index (κ1) is 15.9. The highest BCUT2D eigenvalue weighted by atomic mass is 35.5. The molecule has 0 amide bonds. The van der Waals surface area contributed by atoms with E-state index < -0.39 is 0 Å². The summed E-state index contributed by atoms with van der Waals surface area (Å²) < 4.78 is 5.45. The van der Waals surface area contributed by atoms with Crippen molar-refractivity contribution in [3.8, 4) is 5.75 Å². The number of rotatable bonds is 2. The minimum atomic E-state index is 0.247. The summed E-state index contributed by atoms with van der Waals surface area (Å²) in [6.45, 7) is 9.47. The van der Waals surface area contributed by atoms with Gasteiger partial charge in [0.05, 0.1) is 13.3 Å². The second-order valence-corrected chi connectivity index (χ2v) is 9.24. The van der Waals surface area contributed by atoms with Crippen LogP contribution in [0.1, 0.15) is 32.0 Å². The molecule has 4 aliphatic rings. The lowest BCUT2D eigenvalue weighted by Gasteiger charge is -2.66. The molecule has 0 N–H and O–H groups in total. The number of nitrogens with zero attached hydrogens (tertiary/aromatic N) is 3. The Balaban J connectivity index is 1.61. The van der Waals surface area contributed by atoms with Gasteiger partial charge in [0.15, 0.2) is 0 Å². The lowest BCUT2D eigenvalue weighted by molar-refractivity contribution is -0.194. The van der Waals surface area contributed by atoms with E-state index in [9.17, 15) is 0 Å². The molecule has 6 rings (SSSR count). The fraction of sp³-hybridized carbons (Fsp3) is 0.550. The van der Waals surface area contributed by atoms with E-state index in [0.717, 1.165) is 48.4 Å². The molecule has 0 radical (unpaired) electrons. The molecule has 4 fully saturated rings. The summed E-state index contributed by atoms with van der Waals surface area (Å²) in [6.07, 6.45) is 1.58. The van der Waals surface area contributed by atoms with Gasteiger partial charge in [0, 0.05) is 37.1 Å². The van der Waals surface area contributed by atoms with E-state index in [4.69, 9.17) is 21.3 Å². The molecule has 4 aliphatic heterocycles. The Hall–Kier alpha value is -1.36. The molecule has 0 unspecified atom stereocenters. The van der Waals surface area contributed by atoms with Gasteiger partial charge < -0.3 is 4.74 Å². The predicted molar refractivity (Wildman–Crippen MR) is 100 cm³/mol. The molecule has 25 heavy (non-hydrogen) atoms. The summed E-state index contributed by atoms with van der Waals surface area (Å²) in [5.74, 6) is 0.775. The Kier molecular flexibility index (Phi) is 3.23. The average Bonchev–Trinajstić information content (AvgIpc) is 2.51. The summed E-state index contributed by atoms with van der Waals surface area (Å²) in [5.41, 5.74) is 2.78. The van der Waals surface area contributed by atoms with Gasteiger partial charge in [-0.2, -0.15) is 0 Å². The number of hydrogen-bond acceptors (Lipinski definition) is 4. The Bertz CT molecular complexity index is 831. The van der Waals surface area contributed by atoms with Gasteiger partial charge in [0.25, 0.3) is 0 Å². The molecule has 1 aromatic heterocycles. The molecule has 5 heteroatoms. The van der Waals surface area contributed by atoms with Crippen molar-refractivity contribution in [1.29, 1.82) is 0 Å². The molecule has 0 atom stereocenters. The van der Waals surface area contributed by atoms with Gasteiger partial charge in [-0.25, -0.2) is 4.98 Å². The van der Waals surface area contributed by atoms with Crippen molar-refractivity contribution in [3.63, 3.8) is 0 Å². The summed E-state index contributed by atoms with van der Waals surface area (Å²) in [5, 5.41) is 1.69. The van der Waals surface area contributed by atoms with E-state index in [-0.39, 0.29) is 6.17 Å². The topological polar surface area (TPSA) is 28.6 Å². The molecule has 4 saturated heterocycles. The summed E-state index contributed by atoms with van der Waals surface area (Å²) in [4.78, 5) is 9.93. The lowest BCUT2D eigenvalue weighted by atomic mass is 9.63. The van der Waals surface area contributed by atoms with E-state index >= 15 is 0 Å². The number of halogens is 1. The fourth-order valence-corrected chi connectivity index (χ4v) is 6.14. The zero-order chi connectivity index (χ0) is 17.4. The highest BCUT2D eigenvalue weighted by Crippen LogP contribution is 2.54. The average molecular weight is 358 g/mol. The molecule has 1 aromatic carbocycles. The molecule has 4 nitrogen and oxygen atoms in total. The van der Waals surface area contributed by atoms with Crippen LogP contribution in [0.15, 0.2) is 24.3 Å². The molecule has 0 saturated carbocycles. The van der Waals surface area contributed by atoms with Crippen molar-refractivity contribution in [3.05, 3.63) is 35.0 Å². The first-order chi connectivity index (χ1) is 11.9. The second kappa shape index (κ2) is 5.09. The van der Waals surface area contributed by atoms with E-state index in [1.165, 1.54) is 6.42 Å². The quantitative estimate of drug-likeness (QED) is 0.761. The molecule has 0 aliphatic carbocycles. The number of ether oxygens (including phenoxy) is 1. The monoisotopic (exact) mass is 357 g/mol. The van der Waals surface area contributed by atoms with Crippen molar-refractivity contribution in [2.75, 3.05) is 33.3 Å². The van der Waals surface area contributed by atoms with Crippen molar-refractivity contribution < 1.29 is 4.74 Å². The van der Waals surface area contributed by atoms with Crippen molar-refractivity contribution in [1.82, 2.24) is 14.8 Å². The minimum absolute atomic E-state index is 0.247. The first-order valence-electron chi connectivity index (χ1n) is 9.01. The normalized spacial score (nSPS) is 39.1. The first-order valence-corrected chi connectivity index (χ1v) is 9.39. The van der Waals surface area contributed by atoms with Gasteiger partial charge >= 0.3 is 0 Å². The third-order valence-corrected chi connectivity index (χ3v) is 6.47. The molecule has 4 bridgehead atoms. The van der Waals surface area contributed by atoms with Crippen LogP contribution < -0.4 is 4.74 Å². The zero-order valence-corrected chi connectivity index (χ0v) is 15.8. The minimum Gasteiger partial charge on any atom is -0.494 e. The van der Waals surface area contributed by atoms with E-state index in [2.05, 4.69) is 35.8 Å². The maximum absolute atomic E-state index is 6.67. The van der Waals surface area contributed by atoms with Crippen molar-refractivity contribution in [2.24, 2.45) is 10.8 Å². The largest absolute Gasteiger partial charge is 0.494 e. The number of hydrogen-bond donors (Lipinski definition) is 0. The maximum atomic E-state index is 6.67. The van der Waals surface area contributed by atoms with Gasteiger partial charge in [-0.3, -0.25) is 9.80 Å². The number of methoxy groups -OCH3 is 1. The third kappa shape index (κ3) is 2.31.